The zero-order valence-electron chi connectivity index (χ0n) is 14.5. The molecule has 0 aliphatic heterocycles. The Morgan fingerprint density at radius 3 is 2.33 bits per heavy atom. The minimum absolute atomic E-state index is 0.0292. The molecule has 0 aliphatic rings. The van der Waals surface area contributed by atoms with Crippen molar-refractivity contribution in [3.05, 3.63) is 106 Å². The maximum absolute atomic E-state index is 13.1. The van der Waals surface area contributed by atoms with Crippen LogP contribution in [0.25, 0.3) is 39.6 Å². The van der Waals surface area contributed by atoms with Gasteiger partial charge in [-0.3, -0.25) is 9.20 Å². The number of nitrogens with zero attached hydrogens (tertiary/aromatic N) is 2. The molecule has 27 heavy (non-hydrogen) atoms. The molecule has 0 unspecified atom stereocenters. The van der Waals surface area contributed by atoms with E-state index in [4.69, 9.17) is 4.98 Å². The maximum Gasteiger partial charge on any atom is 0.266 e. The van der Waals surface area contributed by atoms with Crippen molar-refractivity contribution >= 4 is 39.6 Å². The van der Waals surface area contributed by atoms with Gasteiger partial charge in [-0.05, 0) is 23.8 Å². The first kappa shape index (κ1) is 15.5. The van der Waals surface area contributed by atoms with Gasteiger partial charge in [-0.15, -0.1) is 0 Å². The summed E-state index contributed by atoms with van der Waals surface area (Å²) < 4.78 is 1.72. The average Bonchev–Trinajstić information content (AvgIpc) is 3.03. The van der Waals surface area contributed by atoms with Crippen molar-refractivity contribution in [2.75, 3.05) is 0 Å². The fraction of sp³-hybridized carbons (Fsp3) is 0. The average molecular weight is 348 g/mol. The Hall–Kier alpha value is -3.72. The molecule has 2 aromatic heterocycles. The summed E-state index contributed by atoms with van der Waals surface area (Å²) in [6, 6.07) is 25.6. The van der Waals surface area contributed by atoms with Gasteiger partial charge in [0.05, 0.1) is 16.4 Å². The van der Waals surface area contributed by atoms with Crippen LogP contribution < -0.4 is 10.8 Å². The molecule has 5 aromatic rings. The summed E-state index contributed by atoms with van der Waals surface area (Å²) in [5, 5.41) is 2.62. The molecule has 3 heteroatoms. The SMILES string of the molecule is O=c1c2ccccc2nc2/c(=C/C=C/c3ccccc3)c3ccccc3n12. The van der Waals surface area contributed by atoms with Crippen LogP contribution in [-0.2, 0) is 0 Å². The monoisotopic (exact) mass is 348 g/mol. The summed E-state index contributed by atoms with van der Waals surface area (Å²) in [6.07, 6.45) is 6.10. The highest BCUT2D eigenvalue weighted by Gasteiger charge is 2.12. The Morgan fingerprint density at radius 1 is 0.778 bits per heavy atom. The smallest absolute Gasteiger partial charge is 0.266 e. The predicted octanol–water partition coefficient (Wildman–Crippen LogP) is 4.21. The Balaban J connectivity index is 1.86. The highest BCUT2D eigenvalue weighted by Crippen LogP contribution is 2.15. The molecule has 0 fully saturated rings. The fourth-order valence-electron chi connectivity index (χ4n) is 3.54. The van der Waals surface area contributed by atoms with Crippen LogP contribution in [0.15, 0.2) is 89.7 Å². The molecule has 0 spiro atoms. The number of benzene rings is 3. The Morgan fingerprint density at radius 2 is 1.48 bits per heavy atom. The second kappa shape index (κ2) is 6.22. The highest BCUT2D eigenvalue weighted by molar-refractivity contribution is 5.91. The van der Waals surface area contributed by atoms with E-state index in [1.54, 1.807) is 4.40 Å². The second-order valence-corrected chi connectivity index (χ2v) is 6.46. The first-order valence-corrected chi connectivity index (χ1v) is 8.88. The van der Waals surface area contributed by atoms with Gasteiger partial charge in [-0.1, -0.05) is 78.9 Å². The van der Waals surface area contributed by atoms with Gasteiger partial charge in [0.2, 0.25) is 0 Å². The van der Waals surface area contributed by atoms with Gasteiger partial charge < -0.3 is 0 Å². The molecule has 0 atom stereocenters. The van der Waals surface area contributed by atoms with E-state index in [0.29, 0.717) is 11.0 Å². The van der Waals surface area contributed by atoms with Crippen LogP contribution in [0.3, 0.4) is 0 Å². The summed E-state index contributed by atoms with van der Waals surface area (Å²) in [6.45, 7) is 0. The molecule has 0 bridgehead atoms. The first-order chi connectivity index (χ1) is 13.3. The summed E-state index contributed by atoms with van der Waals surface area (Å²) in [7, 11) is 0. The van der Waals surface area contributed by atoms with Crippen molar-refractivity contribution in [1.29, 1.82) is 0 Å². The third-order valence-electron chi connectivity index (χ3n) is 4.80. The van der Waals surface area contributed by atoms with Crippen molar-refractivity contribution < 1.29 is 0 Å². The van der Waals surface area contributed by atoms with Gasteiger partial charge in [-0.2, -0.15) is 0 Å². The van der Waals surface area contributed by atoms with Crippen molar-refractivity contribution in [3.8, 4) is 0 Å². The largest absolute Gasteiger partial charge is 0.268 e. The van der Waals surface area contributed by atoms with Crippen LogP contribution in [0.2, 0.25) is 0 Å². The first-order valence-electron chi connectivity index (χ1n) is 8.88. The number of rotatable bonds is 2. The molecule has 128 valence electrons. The highest BCUT2D eigenvalue weighted by atomic mass is 16.1. The van der Waals surface area contributed by atoms with Crippen LogP contribution in [-0.4, -0.2) is 9.38 Å². The van der Waals surface area contributed by atoms with Crippen LogP contribution >= 0.6 is 0 Å². The lowest BCUT2D eigenvalue weighted by Gasteiger charge is -1.99. The zero-order chi connectivity index (χ0) is 18.2. The van der Waals surface area contributed by atoms with E-state index in [-0.39, 0.29) is 5.56 Å². The number of allylic oxidation sites excluding steroid dienone is 1. The minimum atomic E-state index is -0.0292. The maximum atomic E-state index is 13.1. The molecule has 3 nitrogen and oxygen atoms in total. The number of hydrogen-bond acceptors (Lipinski definition) is 2. The molecule has 0 amide bonds. The fourth-order valence-corrected chi connectivity index (χ4v) is 3.54. The van der Waals surface area contributed by atoms with E-state index in [9.17, 15) is 4.79 Å². The van der Waals surface area contributed by atoms with Gasteiger partial charge in [0, 0.05) is 10.6 Å². The molecule has 0 saturated carbocycles. The van der Waals surface area contributed by atoms with E-state index >= 15 is 0 Å². The molecule has 0 aliphatic carbocycles. The molecule has 0 saturated heterocycles. The predicted molar refractivity (Wildman–Crippen MR) is 112 cm³/mol. The third kappa shape index (κ3) is 2.52. The van der Waals surface area contributed by atoms with E-state index in [1.165, 1.54) is 0 Å². The minimum Gasteiger partial charge on any atom is -0.268 e. The normalized spacial score (nSPS) is 12.7. The zero-order valence-corrected chi connectivity index (χ0v) is 14.5. The van der Waals surface area contributed by atoms with E-state index in [2.05, 4.69) is 18.2 Å². The summed E-state index contributed by atoms with van der Waals surface area (Å²) in [5.41, 5.74) is 3.40. The van der Waals surface area contributed by atoms with E-state index in [0.717, 1.165) is 27.2 Å². The summed E-state index contributed by atoms with van der Waals surface area (Å²) >= 11 is 0. The number of fused-ring (bicyclic) bond motifs is 4. The molecule has 0 radical (unpaired) electrons. The van der Waals surface area contributed by atoms with E-state index < -0.39 is 0 Å². The lowest BCUT2D eigenvalue weighted by atomic mass is 10.2. The Bertz CT molecular complexity index is 1430. The number of hydrogen-bond donors (Lipinski definition) is 0. The van der Waals surface area contributed by atoms with Gasteiger partial charge >= 0.3 is 0 Å². The number of para-hydroxylation sites is 2. The van der Waals surface area contributed by atoms with Gasteiger partial charge in [-0.25, -0.2) is 4.98 Å². The molecule has 2 heterocycles. The standard InChI is InChI=1S/C24H16N2O/c27-24-20-13-4-6-15-21(20)25-23-19(14-8-11-17-9-2-1-3-10-17)18-12-5-7-16-22(18)26(23)24/h1-16H/b11-8+,19-14+. The van der Waals surface area contributed by atoms with Crippen LogP contribution in [0.4, 0.5) is 0 Å². The van der Waals surface area contributed by atoms with Crippen molar-refractivity contribution in [2.24, 2.45) is 0 Å². The van der Waals surface area contributed by atoms with Crippen molar-refractivity contribution in [3.63, 3.8) is 0 Å². The molecule has 5 rings (SSSR count). The molecular formula is C24H16N2O. The van der Waals surface area contributed by atoms with Crippen LogP contribution in [0.5, 0.6) is 0 Å². The molecular weight excluding hydrogens is 332 g/mol. The van der Waals surface area contributed by atoms with Gasteiger partial charge in [0.15, 0.2) is 0 Å². The number of aromatic nitrogens is 2. The molecule has 0 N–H and O–H groups in total. The van der Waals surface area contributed by atoms with E-state index in [1.807, 2.05) is 78.9 Å². The van der Waals surface area contributed by atoms with Crippen molar-refractivity contribution in [1.82, 2.24) is 9.38 Å². The summed E-state index contributed by atoms with van der Waals surface area (Å²) in [4.78, 5) is 17.9. The van der Waals surface area contributed by atoms with Crippen molar-refractivity contribution in [2.45, 2.75) is 0 Å². The lowest BCUT2D eigenvalue weighted by Crippen LogP contribution is -2.16. The Kier molecular flexibility index (Phi) is 3.58. The topological polar surface area (TPSA) is 34.4 Å². The van der Waals surface area contributed by atoms with Gasteiger partial charge in [0.25, 0.3) is 5.56 Å². The summed E-state index contributed by atoms with van der Waals surface area (Å²) in [5.74, 6) is 0. The second-order valence-electron chi connectivity index (χ2n) is 6.46. The lowest BCUT2D eigenvalue weighted by molar-refractivity contribution is 1.14. The molecule has 3 aromatic carbocycles. The third-order valence-corrected chi connectivity index (χ3v) is 4.80. The van der Waals surface area contributed by atoms with Crippen LogP contribution in [0, 0.1) is 0 Å². The quantitative estimate of drug-likeness (QED) is 0.479. The van der Waals surface area contributed by atoms with Crippen LogP contribution in [0.1, 0.15) is 5.56 Å². The Labute approximate surface area is 155 Å². The van der Waals surface area contributed by atoms with Gasteiger partial charge in [0.1, 0.15) is 5.65 Å².